The van der Waals surface area contributed by atoms with Gasteiger partial charge in [-0.3, -0.25) is 9.78 Å². The van der Waals surface area contributed by atoms with Gasteiger partial charge in [0.15, 0.2) is 0 Å². The average molecular weight is 348 g/mol. The van der Waals surface area contributed by atoms with Crippen LogP contribution in [0.15, 0.2) is 72.1 Å². The number of unbranched alkanes of at least 4 members (excludes halogenated alkanes) is 1. The quantitative estimate of drug-likeness (QED) is 0.375. The first-order valence-electron chi connectivity index (χ1n) is 8.56. The number of hydrogen-bond donors (Lipinski definition) is 1. The molecule has 0 saturated heterocycles. The van der Waals surface area contributed by atoms with Gasteiger partial charge >= 0.3 is 5.97 Å². The van der Waals surface area contributed by atoms with Gasteiger partial charge in [-0.25, -0.2) is 0 Å². The molecule has 0 saturated carbocycles. The Bertz CT molecular complexity index is 902. The predicted octanol–water partition coefficient (Wildman–Crippen LogP) is 4.26. The second-order valence-corrected chi connectivity index (χ2v) is 5.89. The van der Waals surface area contributed by atoms with E-state index in [1.54, 1.807) is 12.4 Å². The fraction of sp³-hybridized carbons (Fsp3) is 0.190. The minimum Gasteiger partial charge on any atom is -0.481 e. The fourth-order valence-electron chi connectivity index (χ4n) is 2.75. The number of nitrogens with zero attached hydrogens (tertiary/aromatic N) is 2. The molecule has 3 rings (SSSR count). The first-order chi connectivity index (χ1) is 12.8. The zero-order chi connectivity index (χ0) is 18.2. The van der Waals surface area contributed by atoms with Crippen molar-refractivity contribution < 1.29 is 14.7 Å². The van der Waals surface area contributed by atoms with Crippen LogP contribution in [0, 0.1) is 0 Å². The molecule has 0 fully saturated rings. The molecule has 5 nitrogen and oxygen atoms in total. The molecule has 132 valence electrons. The van der Waals surface area contributed by atoms with Crippen molar-refractivity contribution in [2.75, 3.05) is 6.61 Å². The highest BCUT2D eigenvalue weighted by Crippen LogP contribution is 2.22. The molecule has 0 unspecified atom stereocenters. The van der Waals surface area contributed by atoms with Crippen molar-refractivity contribution in [2.24, 2.45) is 5.16 Å². The van der Waals surface area contributed by atoms with Crippen LogP contribution in [-0.2, 0) is 9.63 Å². The lowest BCUT2D eigenvalue weighted by Gasteiger charge is -2.10. The summed E-state index contributed by atoms with van der Waals surface area (Å²) < 4.78 is 0. The minimum atomic E-state index is -0.791. The number of benzene rings is 2. The number of fused-ring (bicyclic) bond motifs is 1. The summed E-state index contributed by atoms with van der Waals surface area (Å²) in [7, 11) is 0. The second-order valence-electron chi connectivity index (χ2n) is 5.89. The zero-order valence-electron chi connectivity index (χ0n) is 14.3. The second kappa shape index (κ2) is 8.76. The van der Waals surface area contributed by atoms with Crippen molar-refractivity contribution in [3.05, 3.63) is 78.1 Å². The lowest BCUT2D eigenvalue weighted by molar-refractivity contribution is -0.137. The summed E-state index contributed by atoms with van der Waals surface area (Å²) in [6.07, 6.45) is 4.84. The Labute approximate surface area is 151 Å². The summed E-state index contributed by atoms with van der Waals surface area (Å²) in [5, 5.41) is 15.3. The van der Waals surface area contributed by atoms with E-state index in [0.717, 1.165) is 21.9 Å². The van der Waals surface area contributed by atoms with Crippen LogP contribution < -0.4 is 0 Å². The lowest BCUT2D eigenvalue weighted by atomic mass is 9.97. The molecule has 0 spiro atoms. The normalized spacial score (nSPS) is 11.5. The van der Waals surface area contributed by atoms with Crippen LogP contribution in [0.1, 0.15) is 30.4 Å². The molecule has 0 radical (unpaired) electrons. The number of pyridine rings is 1. The summed E-state index contributed by atoms with van der Waals surface area (Å²) in [6, 6.07) is 18.0. The summed E-state index contributed by atoms with van der Waals surface area (Å²) in [6.45, 7) is 0.377. The number of rotatable bonds is 8. The van der Waals surface area contributed by atoms with Crippen molar-refractivity contribution >= 4 is 22.5 Å². The maximum Gasteiger partial charge on any atom is 0.303 e. The van der Waals surface area contributed by atoms with Crippen LogP contribution in [0.5, 0.6) is 0 Å². The van der Waals surface area contributed by atoms with Gasteiger partial charge in [-0.1, -0.05) is 47.6 Å². The van der Waals surface area contributed by atoms with E-state index in [1.807, 2.05) is 36.4 Å². The van der Waals surface area contributed by atoms with E-state index in [2.05, 4.69) is 28.3 Å². The van der Waals surface area contributed by atoms with Crippen LogP contribution in [-0.4, -0.2) is 28.4 Å². The van der Waals surface area contributed by atoms with Gasteiger partial charge in [0.25, 0.3) is 0 Å². The molecule has 0 amide bonds. The van der Waals surface area contributed by atoms with Crippen molar-refractivity contribution in [1.82, 2.24) is 4.98 Å². The number of hydrogen-bond acceptors (Lipinski definition) is 4. The maximum absolute atomic E-state index is 10.6. The van der Waals surface area contributed by atoms with E-state index in [-0.39, 0.29) is 6.42 Å². The number of oxime groups is 1. The smallest absolute Gasteiger partial charge is 0.303 e. The van der Waals surface area contributed by atoms with Gasteiger partial charge in [-0.2, -0.15) is 0 Å². The molecule has 1 aromatic heterocycles. The summed E-state index contributed by atoms with van der Waals surface area (Å²) in [5.74, 6) is -0.791. The van der Waals surface area contributed by atoms with E-state index in [4.69, 9.17) is 9.94 Å². The Morgan fingerprint density at radius 3 is 2.69 bits per heavy atom. The first kappa shape index (κ1) is 17.6. The summed E-state index contributed by atoms with van der Waals surface area (Å²) in [4.78, 5) is 20.2. The highest BCUT2D eigenvalue weighted by molar-refractivity contribution is 6.19. The van der Waals surface area contributed by atoms with E-state index in [1.165, 1.54) is 0 Å². The Hall–Kier alpha value is -3.21. The van der Waals surface area contributed by atoms with Crippen LogP contribution in [0.3, 0.4) is 0 Å². The Kier molecular flexibility index (Phi) is 5.93. The van der Waals surface area contributed by atoms with Crippen molar-refractivity contribution in [3.8, 4) is 0 Å². The zero-order valence-corrected chi connectivity index (χ0v) is 14.3. The van der Waals surface area contributed by atoms with Crippen molar-refractivity contribution in [3.63, 3.8) is 0 Å². The van der Waals surface area contributed by atoms with Gasteiger partial charge in [0, 0.05) is 29.9 Å². The van der Waals surface area contributed by atoms with Crippen molar-refractivity contribution in [2.45, 2.75) is 19.3 Å². The third-order valence-corrected chi connectivity index (χ3v) is 4.01. The van der Waals surface area contributed by atoms with Gasteiger partial charge < -0.3 is 9.94 Å². The molecular weight excluding hydrogens is 328 g/mol. The Morgan fingerprint density at radius 2 is 1.88 bits per heavy atom. The van der Waals surface area contributed by atoms with Crippen molar-refractivity contribution in [1.29, 1.82) is 0 Å². The van der Waals surface area contributed by atoms with E-state index in [9.17, 15) is 4.79 Å². The third kappa shape index (κ3) is 4.45. The van der Waals surface area contributed by atoms with Gasteiger partial charge in [-0.15, -0.1) is 0 Å². The minimum absolute atomic E-state index is 0.145. The van der Waals surface area contributed by atoms with Crippen LogP contribution in [0.25, 0.3) is 10.8 Å². The molecule has 3 aromatic rings. The predicted molar refractivity (Wildman–Crippen MR) is 101 cm³/mol. The topological polar surface area (TPSA) is 71.8 Å². The van der Waals surface area contributed by atoms with E-state index >= 15 is 0 Å². The molecular formula is C21H20N2O3. The number of carbonyl (C=O) groups is 1. The van der Waals surface area contributed by atoms with Crippen LogP contribution in [0.2, 0.25) is 0 Å². The fourth-order valence-corrected chi connectivity index (χ4v) is 2.75. The molecule has 0 atom stereocenters. The van der Waals surface area contributed by atoms with E-state index < -0.39 is 5.97 Å². The molecule has 1 heterocycles. The molecule has 0 aliphatic rings. The lowest BCUT2D eigenvalue weighted by Crippen LogP contribution is -2.06. The molecule has 5 heteroatoms. The molecule has 2 aromatic carbocycles. The molecule has 26 heavy (non-hydrogen) atoms. The maximum atomic E-state index is 10.6. The summed E-state index contributed by atoms with van der Waals surface area (Å²) in [5.41, 5.74) is 2.56. The number of carboxylic acids is 1. The number of aliphatic carboxylic acids is 1. The number of aromatic nitrogens is 1. The third-order valence-electron chi connectivity index (χ3n) is 4.01. The van der Waals surface area contributed by atoms with Gasteiger partial charge in [-0.05, 0) is 35.7 Å². The highest BCUT2D eigenvalue weighted by atomic mass is 16.6. The van der Waals surface area contributed by atoms with Gasteiger partial charge in [0.2, 0.25) is 0 Å². The van der Waals surface area contributed by atoms with Crippen LogP contribution in [0.4, 0.5) is 0 Å². The largest absolute Gasteiger partial charge is 0.481 e. The Morgan fingerprint density at radius 1 is 1.04 bits per heavy atom. The molecule has 0 aliphatic heterocycles. The monoisotopic (exact) mass is 348 g/mol. The van der Waals surface area contributed by atoms with E-state index in [0.29, 0.717) is 25.2 Å². The standard InChI is InChI=1S/C21H20N2O3/c24-20(25)12-3-4-14-26-23-21(17-9-6-13-22-15-17)19-11-5-8-16-7-1-2-10-18(16)19/h1-2,5-11,13,15H,3-4,12,14H2,(H,24,25)/b23-21-. The number of carboxylic acid groups (broad SMARTS) is 1. The highest BCUT2D eigenvalue weighted by Gasteiger charge is 2.11. The first-order valence-corrected chi connectivity index (χ1v) is 8.56. The molecule has 0 bridgehead atoms. The summed E-state index contributed by atoms with van der Waals surface area (Å²) >= 11 is 0. The molecule has 0 aliphatic carbocycles. The van der Waals surface area contributed by atoms with Gasteiger partial charge in [0.05, 0.1) is 0 Å². The molecule has 1 N–H and O–H groups in total. The SMILES string of the molecule is O=C(O)CCCCO/N=C(/c1cccnc1)c1cccc2ccccc12. The van der Waals surface area contributed by atoms with Crippen LogP contribution >= 0.6 is 0 Å². The average Bonchev–Trinajstić information content (AvgIpc) is 2.68. The Balaban J connectivity index is 1.87. The van der Waals surface area contributed by atoms with Gasteiger partial charge in [0.1, 0.15) is 12.3 Å².